The number of ether oxygens (including phenoxy) is 1. The molecule has 0 saturated carbocycles. The highest BCUT2D eigenvalue weighted by Gasteiger charge is 2.24. The van der Waals surface area contributed by atoms with Gasteiger partial charge in [-0.25, -0.2) is 4.68 Å². The van der Waals surface area contributed by atoms with Crippen molar-refractivity contribution in [3.05, 3.63) is 81.1 Å². The van der Waals surface area contributed by atoms with Gasteiger partial charge in [0.05, 0.1) is 0 Å². The van der Waals surface area contributed by atoms with Gasteiger partial charge in [0.1, 0.15) is 5.75 Å². The molecular formula is C24H26Cl2N4O2. The lowest BCUT2D eigenvalue weighted by atomic mass is 10.1. The first kappa shape index (κ1) is 22.6. The van der Waals surface area contributed by atoms with Gasteiger partial charge in [-0.1, -0.05) is 35.3 Å². The van der Waals surface area contributed by atoms with E-state index >= 15 is 0 Å². The number of piperazine rings is 1. The summed E-state index contributed by atoms with van der Waals surface area (Å²) >= 11 is 12.3. The van der Waals surface area contributed by atoms with Crippen LogP contribution < -0.4 is 4.74 Å². The first-order valence-corrected chi connectivity index (χ1v) is 11.3. The first-order chi connectivity index (χ1) is 15.4. The molecule has 2 aromatic carbocycles. The Morgan fingerprint density at radius 1 is 1.00 bits per heavy atom. The third-order valence-electron chi connectivity index (χ3n) is 5.49. The van der Waals surface area contributed by atoms with Crippen LogP contribution in [0, 0.1) is 13.8 Å². The minimum absolute atomic E-state index is 0.0562. The predicted octanol–water partition coefficient (Wildman–Crippen LogP) is 4.80. The van der Waals surface area contributed by atoms with E-state index in [0.717, 1.165) is 42.1 Å². The third kappa shape index (κ3) is 5.63. The normalized spacial score (nSPS) is 14.6. The second-order valence-electron chi connectivity index (χ2n) is 8.14. The minimum Gasteiger partial charge on any atom is -0.471 e. The van der Waals surface area contributed by atoms with E-state index in [-0.39, 0.29) is 12.6 Å². The Hall–Kier alpha value is -2.54. The molecular weight excluding hydrogens is 447 g/mol. The Bertz CT molecular complexity index is 1090. The van der Waals surface area contributed by atoms with E-state index in [0.29, 0.717) is 28.8 Å². The van der Waals surface area contributed by atoms with Crippen LogP contribution in [0.4, 0.5) is 0 Å². The highest BCUT2D eigenvalue weighted by Crippen LogP contribution is 2.23. The van der Waals surface area contributed by atoms with E-state index in [9.17, 15) is 4.79 Å². The Balaban J connectivity index is 1.29. The highest BCUT2D eigenvalue weighted by molar-refractivity contribution is 6.35. The van der Waals surface area contributed by atoms with E-state index in [4.69, 9.17) is 27.9 Å². The quantitative estimate of drug-likeness (QED) is 0.516. The van der Waals surface area contributed by atoms with Gasteiger partial charge in [-0.3, -0.25) is 9.69 Å². The number of hydrogen-bond donors (Lipinski definition) is 0. The molecule has 1 aliphatic heterocycles. The molecule has 0 radical (unpaired) electrons. The number of rotatable bonds is 6. The molecule has 1 fully saturated rings. The van der Waals surface area contributed by atoms with Crippen molar-refractivity contribution in [2.24, 2.45) is 0 Å². The van der Waals surface area contributed by atoms with E-state index in [1.807, 2.05) is 43.0 Å². The van der Waals surface area contributed by atoms with Crippen LogP contribution in [0.25, 0.3) is 0 Å². The molecule has 0 atom stereocenters. The van der Waals surface area contributed by atoms with E-state index in [2.05, 4.69) is 16.1 Å². The monoisotopic (exact) mass is 472 g/mol. The molecule has 1 saturated heterocycles. The van der Waals surface area contributed by atoms with Crippen molar-refractivity contribution in [2.45, 2.75) is 27.1 Å². The first-order valence-electron chi connectivity index (χ1n) is 10.6. The number of nitrogens with zero attached hydrogens (tertiary/aromatic N) is 4. The summed E-state index contributed by atoms with van der Waals surface area (Å²) in [4.78, 5) is 17.0. The number of carbonyl (C=O) groups is 1. The Labute approximate surface area is 198 Å². The Morgan fingerprint density at radius 2 is 1.72 bits per heavy atom. The van der Waals surface area contributed by atoms with Gasteiger partial charge in [-0.05, 0) is 60.9 Å². The smallest absolute Gasteiger partial charge is 0.274 e. The molecule has 4 rings (SSSR count). The topological polar surface area (TPSA) is 50.6 Å². The molecule has 168 valence electrons. The molecule has 2 heterocycles. The molecule has 6 nitrogen and oxygen atoms in total. The molecule has 0 N–H and O–H groups in total. The average molecular weight is 473 g/mol. The van der Waals surface area contributed by atoms with Crippen LogP contribution in [0.3, 0.4) is 0 Å². The molecule has 8 heteroatoms. The summed E-state index contributed by atoms with van der Waals surface area (Å²) in [6.07, 6.45) is 1.77. The van der Waals surface area contributed by atoms with Gasteiger partial charge < -0.3 is 9.64 Å². The lowest BCUT2D eigenvalue weighted by Crippen LogP contribution is -2.48. The maximum Gasteiger partial charge on any atom is 0.274 e. The molecule has 1 amide bonds. The Morgan fingerprint density at radius 3 is 2.41 bits per heavy atom. The largest absolute Gasteiger partial charge is 0.471 e. The summed E-state index contributed by atoms with van der Waals surface area (Å²) in [5.41, 5.74) is 3.77. The van der Waals surface area contributed by atoms with Gasteiger partial charge in [0.15, 0.2) is 12.4 Å². The van der Waals surface area contributed by atoms with Crippen molar-refractivity contribution in [1.29, 1.82) is 0 Å². The molecule has 0 spiro atoms. The number of aryl methyl sites for hydroxylation is 2. The number of hydrogen-bond acceptors (Lipinski definition) is 4. The second kappa shape index (κ2) is 9.94. The highest BCUT2D eigenvalue weighted by atomic mass is 35.5. The standard InChI is InChI=1S/C24H26Cl2N4O2/c1-17-11-18(2)13-21(12-17)32-16-30-6-5-23(27-30)24(31)29-9-7-28(8-10-29)15-19-3-4-20(25)14-22(19)26/h3-6,11-14H,7-10,15-16H2,1-2H3. The summed E-state index contributed by atoms with van der Waals surface area (Å²) in [6.45, 7) is 7.92. The minimum atomic E-state index is -0.0562. The van der Waals surface area contributed by atoms with Crippen molar-refractivity contribution in [2.75, 3.05) is 26.2 Å². The SMILES string of the molecule is Cc1cc(C)cc(OCn2ccc(C(=O)N3CCN(Cc4ccc(Cl)cc4Cl)CC3)n2)c1. The third-order valence-corrected chi connectivity index (χ3v) is 6.07. The Kier molecular flexibility index (Phi) is 7.04. The molecule has 32 heavy (non-hydrogen) atoms. The summed E-state index contributed by atoms with van der Waals surface area (Å²) in [5.74, 6) is 0.738. The van der Waals surface area contributed by atoms with Crippen LogP contribution in [0.5, 0.6) is 5.75 Å². The predicted molar refractivity (Wildman–Crippen MR) is 126 cm³/mol. The fourth-order valence-electron chi connectivity index (χ4n) is 3.87. The lowest BCUT2D eigenvalue weighted by Gasteiger charge is -2.34. The van der Waals surface area contributed by atoms with Crippen LogP contribution in [0.15, 0.2) is 48.7 Å². The van der Waals surface area contributed by atoms with E-state index < -0.39 is 0 Å². The fraction of sp³-hybridized carbons (Fsp3) is 0.333. The van der Waals surface area contributed by atoms with Crippen LogP contribution in [-0.4, -0.2) is 51.7 Å². The summed E-state index contributed by atoms with van der Waals surface area (Å²) in [5, 5.41) is 5.71. The molecule has 0 unspecified atom stereocenters. The van der Waals surface area contributed by atoms with Crippen molar-refractivity contribution in [3.8, 4) is 5.75 Å². The molecule has 1 aromatic heterocycles. The fourth-order valence-corrected chi connectivity index (χ4v) is 4.33. The van der Waals surface area contributed by atoms with Gasteiger partial charge in [0.25, 0.3) is 5.91 Å². The molecule has 0 aliphatic carbocycles. The van der Waals surface area contributed by atoms with Crippen molar-refractivity contribution < 1.29 is 9.53 Å². The van der Waals surface area contributed by atoms with Gasteiger partial charge in [0, 0.05) is 49.0 Å². The zero-order valence-electron chi connectivity index (χ0n) is 18.2. The summed E-state index contributed by atoms with van der Waals surface area (Å²) in [7, 11) is 0. The van der Waals surface area contributed by atoms with Gasteiger partial charge in [0.2, 0.25) is 0 Å². The van der Waals surface area contributed by atoms with Gasteiger partial charge >= 0.3 is 0 Å². The maximum absolute atomic E-state index is 12.9. The number of halogens is 2. The summed E-state index contributed by atoms with van der Waals surface area (Å²) < 4.78 is 7.47. The van der Waals surface area contributed by atoms with Crippen molar-refractivity contribution >= 4 is 29.1 Å². The maximum atomic E-state index is 12.9. The second-order valence-corrected chi connectivity index (χ2v) is 8.99. The zero-order valence-corrected chi connectivity index (χ0v) is 19.7. The van der Waals surface area contributed by atoms with E-state index in [1.54, 1.807) is 23.0 Å². The van der Waals surface area contributed by atoms with E-state index in [1.165, 1.54) is 0 Å². The van der Waals surface area contributed by atoms with Crippen LogP contribution in [-0.2, 0) is 13.3 Å². The molecule has 1 aliphatic rings. The number of aromatic nitrogens is 2. The van der Waals surface area contributed by atoms with Crippen molar-refractivity contribution in [3.63, 3.8) is 0 Å². The number of amides is 1. The number of carbonyl (C=O) groups excluding carboxylic acids is 1. The van der Waals surface area contributed by atoms with Crippen LogP contribution >= 0.6 is 23.2 Å². The van der Waals surface area contributed by atoms with Gasteiger partial charge in [-0.15, -0.1) is 0 Å². The summed E-state index contributed by atoms with van der Waals surface area (Å²) in [6, 6.07) is 13.4. The van der Waals surface area contributed by atoms with Gasteiger partial charge in [-0.2, -0.15) is 5.10 Å². The lowest BCUT2D eigenvalue weighted by molar-refractivity contribution is 0.0621. The molecule has 3 aromatic rings. The molecule has 0 bridgehead atoms. The van der Waals surface area contributed by atoms with Crippen LogP contribution in [0.1, 0.15) is 27.2 Å². The average Bonchev–Trinajstić information content (AvgIpc) is 3.23. The van der Waals surface area contributed by atoms with Crippen molar-refractivity contribution in [1.82, 2.24) is 19.6 Å². The zero-order chi connectivity index (χ0) is 22.7. The van der Waals surface area contributed by atoms with Crippen LogP contribution in [0.2, 0.25) is 10.0 Å². The number of benzene rings is 2.